The van der Waals surface area contributed by atoms with E-state index in [1.807, 2.05) is 24.3 Å². The molecule has 13 nitrogen and oxygen atoms in total. The maximum Gasteiger partial charge on any atom is 0.320 e. The Hall–Kier alpha value is -5.00. The molecule has 0 aliphatic carbocycles. The number of nitriles is 1. The van der Waals surface area contributed by atoms with E-state index >= 15 is 0 Å². The summed E-state index contributed by atoms with van der Waals surface area (Å²) in [6.45, 7) is 4.20. The van der Waals surface area contributed by atoms with Crippen LogP contribution in [-0.4, -0.2) is 80.1 Å². The quantitative estimate of drug-likeness (QED) is 0.112. The molecule has 0 saturated heterocycles. The molecule has 0 saturated carbocycles. The molecular formula is C32H35BrN6O7. The minimum absolute atomic E-state index is 0.0889. The number of carbonyl (C=O) groups excluding carboxylic acids is 4. The normalized spacial score (nSPS) is 10.8. The van der Waals surface area contributed by atoms with Gasteiger partial charge in [0.1, 0.15) is 11.8 Å². The van der Waals surface area contributed by atoms with E-state index in [2.05, 4.69) is 42.9 Å². The summed E-state index contributed by atoms with van der Waals surface area (Å²) in [6.07, 6.45) is 4.05. The predicted molar refractivity (Wildman–Crippen MR) is 176 cm³/mol. The zero-order valence-electron chi connectivity index (χ0n) is 25.7. The van der Waals surface area contributed by atoms with Crippen molar-refractivity contribution in [2.24, 2.45) is 0 Å². The molecule has 3 aromatic rings. The maximum atomic E-state index is 12.8. The zero-order chi connectivity index (χ0) is 33.5. The Balaban J connectivity index is 1.64. The molecule has 46 heavy (non-hydrogen) atoms. The molecule has 0 bridgehead atoms. The first-order valence-electron chi connectivity index (χ1n) is 14.4. The zero-order valence-corrected chi connectivity index (χ0v) is 27.3. The molecule has 0 radical (unpaired) electrons. The van der Waals surface area contributed by atoms with Crippen molar-refractivity contribution in [3.05, 3.63) is 64.8 Å². The van der Waals surface area contributed by atoms with Crippen LogP contribution in [0.1, 0.15) is 25.8 Å². The second kappa shape index (κ2) is 18.1. The van der Waals surface area contributed by atoms with Crippen LogP contribution in [0.5, 0.6) is 5.75 Å². The van der Waals surface area contributed by atoms with Crippen molar-refractivity contribution in [2.45, 2.75) is 20.3 Å². The number of ether oxygens (including phenoxy) is 3. The molecule has 0 fully saturated rings. The molecule has 1 aromatic heterocycles. The molecule has 14 heteroatoms. The highest BCUT2D eigenvalue weighted by atomic mass is 79.9. The van der Waals surface area contributed by atoms with E-state index < -0.39 is 23.8 Å². The molecular weight excluding hydrogens is 660 g/mol. The number of amides is 2. The highest BCUT2D eigenvalue weighted by Crippen LogP contribution is 2.36. The van der Waals surface area contributed by atoms with Crippen molar-refractivity contribution >= 4 is 67.6 Å². The van der Waals surface area contributed by atoms with Crippen molar-refractivity contribution in [2.75, 3.05) is 57.1 Å². The van der Waals surface area contributed by atoms with Gasteiger partial charge >= 0.3 is 11.9 Å². The molecule has 2 amide bonds. The van der Waals surface area contributed by atoms with Gasteiger partial charge in [0.2, 0.25) is 11.8 Å². The fourth-order valence-electron chi connectivity index (χ4n) is 4.31. The Morgan fingerprint density at radius 2 is 1.72 bits per heavy atom. The fraction of sp³-hybridized carbons (Fsp3) is 0.312. The molecule has 0 aliphatic heterocycles. The van der Waals surface area contributed by atoms with Crippen LogP contribution >= 0.6 is 15.9 Å². The number of nitrogens with zero attached hydrogens (tertiary/aromatic N) is 3. The largest absolute Gasteiger partial charge is 0.494 e. The number of aromatic nitrogens is 1. The van der Waals surface area contributed by atoms with E-state index in [1.54, 1.807) is 30.9 Å². The first kappa shape index (κ1) is 35.5. The second-order valence-electron chi connectivity index (χ2n) is 9.65. The van der Waals surface area contributed by atoms with Crippen LogP contribution in [0.4, 0.5) is 17.1 Å². The Kier molecular flexibility index (Phi) is 13.9. The number of fused-ring (bicyclic) bond motifs is 1. The van der Waals surface area contributed by atoms with Gasteiger partial charge in [-0.3, -0.25) is 29.1 Å². The first-order chi connectivity index (χ1) is 22.2. The van der Waals surface area contributed by atoms with Gasteiger partial charge in [0.15, 0.2) is 0 Å². The Bertz CT molecular complexity index is 1620. The SMILES string of the molecule is CCOC(=O)CN(CCCNC(=O)C=CC(=O)Nc1cc2c(Nc3cccc(Br)c3)c(C#N)cnc2cc1OC)CC(=O)OCC. The molecule has 1 heterocycles. The summed E-state index contributed by atoms with van der Waals surface area (Å²) in [7, 11) is 1.45. The minimum atomic E-state index is -0.589. The van der Waals surface area contributed by atoms with Gasteiger partial charge < -0.3 is 30.2 Å². The lowest BCUT2D eigenvalue weighted by atomic mass is 10.1. The van der Waals surface area contributed by atoms with Gasteiger partial charge in [0.05, 0.1) is 55.9 Å². The molecule has 2 aromatic carbocycles. The van der Waals surface area contributed by atoms with Crippen molar-refractivity contribution < 1.29 is 33.4 Å². The lowest BCUT2D eigenvalue weighted by Gasteiger charge is -2.20. The summed E-state index contributed by atoms with van der Waals surface area (Å²) in [5.41, 5.74) is 2.38. The van der Waals surface area contributed by atoms with Crippen LogP contribution in [0.2, 0.25) is 0 Å². The predicted octanol–water partition coefficient (Wildman–Crippen LogP) is 4.05. The number of pyridine rings is 1. The van der Waals surface area contributed by atoms with Gasteiger partial charge in [-0.2, -0.15) is 5.26 Å². The molecule has 0 atom stereocenters. The third-order valence-corrected chi connectivity index (χ3v) is 6.81. The molecule has 242 valence electrons. The molecule has 0 aliphatic rings. The van der Waals surface area contributed by atoms with Crippen molar-refractivity contribution in [1.29, 1.82) is 5.26 Å². The molecule has 3 N–H and O–H groups in total. The maximum absolute atomic E-state index is 12.8. The van der Waals surface area contributed by atoms with Crippen molar-refractivity contribution in [1.82, 2.24) is 15.2 Å². The summed E-state index contributed by atoms with van der Waals surface area (Å²) >= 11 is 3.44. The third-order valence-electron chi connectivity index (χ3n) is 6.31. The number of methoxy groups -OCH3 is 1. The highest BCUT2D eigenvalue weighted by molar-refractivity contribution is 9.10. The van der Waals surface area contributed by atoms with Gasteiger partial charge in [-0.1, -0.05) is 22.0 Å². The van der Waals surface area contributed by atoms with Gasteiger partial charge in [-0.05, 0) is 44.5 Å². The van der Waals surface area contributed by atoms with Gasteiger partial charge in [-0.15, -0.1) is 0 Å². The lowest BCUT2D eigenvalue weighted by molar-refractivity contribution is -0.148. The third kappa shape index (κ3) is 10.9. The standard InChI is InChI=1S/C32H35BrN6O7/c1-4-45-30(42)19-39(20-31(43)46-5-2)13-7-12-35-28(40)10-11-29(41)38-26-15-24-25(16-27(26)44-3)36-18-21(17-34)32(24)37-23-9-6-8-22(33)14-23/h6,8-11,14-16,18H,4-5,7,12-13,19-20H2,1-3H3,(H,35,40)(H,36,37)(H,38,41). The van der Waals surface area contributed by atoms with Crippen LogP contribution in [-0.2, 0) is 28.7 Å². The van der Waals surface area contributed by atoms with E-state index in [0.29, 0.717) is 46.6 Å². The first-order valence-corrected chi connectivity index (χ1v) is 15.2. The van der Waals surface area contributed by atoms with Crippen LogP contribution in [0, 0.1) is 11.3 Å². The average molecular weight is 696 g/mol. The van der Waals surface area contributed by atoms with E-state index in [9.17, 15) is 24.4 Å². The minimum Gasteiger partial charge on any atom is -0.494 e. The summed E-state index contributed by atoms with van der Waals surface area (Å²) in [4.78, 5) is 54.9. The monoisotopic (exact) mass is 694 g/mol. The van der Waals surface area contributed by atoms with Crippen molar-refractivity contribution in [3.8, 4) is 11.8 Å². The Labute approximate surface area is 275 Å². The molecule has 0 spiro atoms. The van der Waals surface area contributed by atoms with E-state index in [0.717, 1.165) is 22.3 Å². The van der Waals surface area contributed by atoms with Crippen LogP contribution in [0.15, 0.2) is 59.2 Å². The topological polar surface area (TPSA) is 172 Å². The van der Waals surface area contributed by atoms with E-state index in [-0.39, 0.29) is 32.8 Å². The number of anilines is 3. The number of benzene rings is 2. The van der Waals surface area contributed by atoms with E-state index in [4.69, 9.17) is 14.2 Å². The number of halogens is 1. The van der Waals surface area contributed by atoms with E-state index in [1.165, 1.54) is 13.3 Å². The molecule has 3 rings (SSSR count). The van der Waals surface area contributed by atoms with Crippen molar-refractivity contribution in [3.63, 3.8) is 0 Å². The number of esters is 2. The van der Waals surface area contributed by atoms with Gasteiger partial charge in [-0.25, -0.2) is 0 Å². The Morgan fingerprint density at radius 1 is 1.02 bits per heavy atom. The Morgan fingerprint density at radius 3 is 2.35 bits per heavy atom. The summed E-state index contributed by atoms with van der Waals surface area (Å²) in [6, 6.07) is 12.9. The van der Waals surface area contributed by atoms with Crippen LogP contribution in [0.3, 0.4) is 0 Å². The number of nitrogens with one attached hydrogen (secondary N) is 3. The van der Waals surface area contributed by atoms with Gasteiger partial charge in [0, 0.05) is 53.1 Å². The summed E-state index contributed by atoms with van der Waals surface area (Å²) in [5, 5.41) is 19.0. The highest BCUT2D eigenvalue weighted by Gasteiger charge is 2.17. The van der Waals surface area contributed by atoms with Gasteiger partial charge in [0.25, 0.3) is 0 Å². The number of hydrogen-bond acceptors (Lipinski definition) is 11. The van der Waals surface area contributed by atoms with Crippen LogP contribution in [0.25, 0.3) is 10.9 Å². The average Bonchev–Trinajstić information content (AvgIpc) is 3.02. The summed E-state index contributed by atoms with van der Waals surface area (Å²) < 4.78 is 16.2. The summed E-state index contributed by atoms with van der Waals surface area (Å²) in [5.74, 6) is -1.70. The fourth-order valence-corrected chi connectivity index (χ4v) is 4.71. The number of carbonyl (C=O) groups is 4. The number of hydrogen-bond donors (Lipinski definition) is 3. The lowest BCUT2D eigenvalue weighted by Crippen LogP contribution is -2.38. The smallest absolute Gasteiger partial charge is 0.320 e. The number of rotatable bonds is 16. The molecule has 0 unspecified atom stereocenters. The van der Waals surface area contributed by atoms with Crippen LogP contribution < -0.4 is 20.7 Å². The second-order valence-corrected chi connectivity index (χ2v) is 10.6.